The van der Waals surface area contributed by atoms with Crippen molar-refractivity contribution >= 4 is 28.3 Å². The molecule has 1 aliphatic rings. The Hall–Kier alpha value is -1.47. The smallest absolute Gasteiger partial charge is 0.248 e. The molecule has 0 bridgehead atoms. The number of carbonyl (C=O) groups excluding carboxylic acids is 2. The SMILES string of the molecule is CC(C)CC(NC(=O)[C@H]1CCCN1C)C(=O)Nc1nccs1. The minimum Gasteiger partial charge on any atom is -0.343 e. The van der Waals surface area contributed by atoms with Crippen LogP contribution in [0.1, 0.15) is 33.1 Å². The van der Waals surface area contributed by atoms with Gasteiger partial charge in [0.25, 0.3) is 0 Å². The summed E-state index contributed by atoms with van der Waals surface area (Å²) in [4.78, 5) is 30.9. The van der Waals surface area contributed by atoms with E-state index in [1.165, 1.54) is 11.3 Å². The third-order valence-electron chi connectivity index (χ3n) is 3.83. The molecule has 1 saturated heterocycles. The summed E-state index contributed by atoms with van der Waals surface area (Å²) in [7, 11) is 1.95. The maximum atomic E-state index is 12.4. The van der Waals surface area contributed by atoms with Crippen LogP contribution < -0.4 is 10.6 Å². The zero-order valence-electron chi connectivity index (χ0n) is 13.3. The van der Waals surface area contributed by atoms with Crippen molar-refractivity contribution in [1.29, 1.82) is 0 Å². The fraction of sp³-hybridized carbons (Fsp3) is 0.667. The number of rotatable bonds is 6. The van der Waals surface area contributed by atoms with Crippen LogP contribution in [0.2, 0.25) is 0 Å². The molecule has 2 N–H and O–H groups in total. The van der Waals surface area contributed by atoms with Gasteiger partial charge in [-0.15, -0.1) is 11.3 Å². The van der Waals surface area contributed by atoms with Gasteiger partial charge in [-0.25, -0.2) is 4.98 Å². The third-order valence-corrected chi connectivity index (χ3v) is 4.51. The highest BCUT2D eigenvalue weighted by atomic mass is 32.1. The summed E-state index contributed by atoms with van der Waals surface area (Å²) in [6.07, 6.45) is 4.13. The molecule has 6 nitrogen and oxygen atoms in total. The van der Waals surface area contributed by atoms with E-state index in [1.807, 2.05) is 25.8 Å². The minimum absolute atomic E-state index is 0.0556. The fourth-order valence-electron chi connectivity index (χ4n) is 2.69. The molecule has 2 atom stereocenters. The maximum Gasteiger partial charge on any atom is 0.248 e. The maximum absolute atomic E-state index is 12.4. The van der Waals surface area contributed by atoms with Crippen LogP contribution in [-0.2, 0) is 9.59 Å². The number of thiazole rings is 1. The molecule has 2 rings (SSSR count). The first-order valence-corrected chi connectivity index (χ1v) is 8.56. The average molecular weight is 324 g/mol. The van der Waals surface area contributed by atoms with Crippen LogP contribution in [0.15, 0.2) is 11.6 Å². The van der Waals surface area contributed by atoms with Crippen molar-refractivity contribution in [1.82, 2.24) is 15.2 Å². The molecular weight excluding hydrogens is 300 g/mol. The summed E-state index contributed by atoms with van der Waals surface area (Å²) in [6, 6.07) is -0.646. The lowest BCUT2D eigenvalue weighted by Gasteiger charge is -2.24. The van der Waals surface area contributed by atoms with E-state index in [1.54, 1.807) is 11.6 Å². The first kappa shape index (κ1) is 16.9. The van der Waals surface area contributed by atoms with Crippen LogP contribution in [-0.4, -0.2) is 47.4 Å². The lowest BCUT2D eigenvalue weighted by atomic mass is 10.0. The summed E-state index contributed by atoms with van der Waals surface area (Å²) in [6.45, 7) is 5.01. The van der Waals surface area contributed by atoms with E-state index in [-0.39, 0.29) is 17.9 Å². The lowest BCUT2D eigenvalue weighted by Crippen LogP contribution is -2.50. The first-order chi connectivity index (χ1) is 10.5. The second-order valence-electron chi connectivity index (χ2n) is 6.16. The molecule has 122 valence electrons. The van der Waals surface area contributed by atoms with Crippen molar-refractivity contribution in [3.8, 4) is 0 Å². The number of nitrogens with one attached hydrogen (secondary N) is 2. The van der Waals surface area contributed by atoms with Crippen molar-refractivity contribution in [2.75, 3.05) is 18.9 Å². The molecule has 22 heavy (non-hydrogen) atoms. The molecule has 0 saturated carbocycles. The Balaban J connectivity index is 1.98. The van der Waals surface area contributed by atoms with Crippen LogP contribution in [0.4, 0.5) is 5.13 Å². The molecule has 0 aliphatic carbocycles. The van der Waals surface area contributed by atoms with E-state index in [0.29, 0.717) is 17.5 Å². The molecule has 1 aromatic rings. The van der Waals surface area contributed by atoms with E-state index in [4.69, 9.17) is 0 Å². The van der Waals surface area contributed by atoms with Crippen molar-refractivity contribution in [3.63, 3.8) is 0 Å². The fourth-order valence-corrected chi connectivity index (χ4v) is 3.22. The van der Waals surface area contributed by atoms with Crippen LogP contribution in [0.3, 0.4) is 0 Å². The molecule has 0 aromatic carbocycles. The zero-order chi connectivity index (χ0) is 16.1. The second-order valence-corrected chi connectivity index (χ2v) is 7.05. The number of likely N-dealkylation sites (tertiary alicyclic amines) is 1. The minimum atomic E-state index is -0.523. The Morgan fingerprint density at radius 1 is 1.50 bits per heavy atom. The van der Waals surface area contributed by atoms with Gasteiger partial charge in [-0.3, -0.25) is 14.5 Å². The second kappa shape index (κ2) is 7.69. The Labute approximate surface area is 135 Å². The predicted molar refractivity (Wildman–Crippen MR) is 87.8 cm³/mol. The van der Waals surface area contributed by atoms with Crippen LogP contribution in [0.5, 0.6) is 0 Å². The van der Waals surface area contributed by atoms with E-state index >= 15 is 0 Å². The van der Waals surface area contributed by atoms with Crippen molar-refractivity contribution in [3.05, 3.63) is 11.6 Å². The number of carbonyl (C=O) groups is 2. The number of likely N-dealkylation sites (N-methyl/N-ethyl adjacent to an activating group) is 1. The molecule has 1 aliphatic heterocycles. The molecule has 0 radical (unpaired) electrons. The van der Waals surface area contributed by atoms with Gasteiger partial charge in [0.05, 0.1) is 6.04 Å². The number of aromatic nitrogens is 1. The van der Waals surface area contributed by atoms with Crippen molar-refractivity contribution < 1.29 is 9.59 Å². The number of nitrogens with zero attached hydrogens (tertiary/aromatic N) is 2. The van der Waals surface area contributed by atoms with Gasteiger partial charge in [-0.2, -0.15) is 0 Å². The number of anilines is 1. The van der Waals surface area contributed by atoms with Gasteiger partial charge in [0.2, 0.25) is 11.8 Å². The highest BCUT2D eigenvalue weighted by Gasteiger charge is 2.31. The predicted octanol–water partition coefficient (Wildman–Crippen LogP) is 1.71. The molecule has 0 spiro atoms. The summed E-state index contributed by atoms with van der Waals surface area (Å²) in [5.41, 5.74) is 0. The van der Waals surface area contributed by atoms with E-state index in [0.717, 1.165) is 19.4 Å². The van der Waals surface area contributed by atoms with Crippen LogP contribution in [0.25, 0.3) is 0 Å². The van der Waals surface area contributed by atoms with E-state index in [9.17, 15) is 9.59 Å². The molecule has 2 heterocycles. The van der Waals surface area contributed by atoms with Gasteiger partial charge in [0.15, 0.2) is 5.13 Å². The summed E-state index contributed by atoms with van der Waals surface area (Å²) < 4.78 is 0. The van der Waals surface area contributed by atoms with Crippen LogP contribution >= 0.6 is 11.3 Å². The molecule has 2 amide bonds. The zero-order valence-corrected chi connectivity index (χ0v) is 14.2. The Morgan fingerprint density at radius 3 is 2.82 bits per heavy atom. The summed E-state index contributed by atoms with van der Waals surface area (Å²) in [5, 5.41) is 8.06. The lowest BCUT2D eigenvalue weighted by molar-refractivity contribution is -0.129. The summed E-state index contributed by atoms with van der Waals surface area (Å²) >= 11 is 1.37. The van der Waals surface area contributed by atoms with E-state index in [2.05, 4.69) is 15.6 Å². The first-order valence-electron chi connectivity index (χ1n) is 7.68. The average Bonchev–Trinajstić information content (AvgIpc) is 3.08. The number of hydrogen-bond acceptors (Lipinski definition) is 5. The Kier molecular flexibility index (Phi) is 5.90. The number of amides is 2. The largest absolute Gasteiger partial charge is 0.343 e. The topological polar surface area (TPSA) is 74.3 Å². The molecule has 7 heteroatoms. The Bertz CT molecular complexity index is 504. The third kappa shape index (κ3) is 4.51. The van der Waals surface area contributed by atoms with Crippen molar-refractivity contribution in [2.45, 2.75) is 45.2 Å². The van der Waals surface area contributed by atoms with E-state index < -0.39 is 6.04 Å². The van der Waals surface area contributed by atoms with Crippen LogP contribution in [0, 0.1) is 5.92 Å². The molecule has 1 aromatic heterocycles. The van der Waals surface area contributed by atoms with Gasteiger partial charge in [0.1, 0.15) is 6.04 Å². The molecule has 1 unspecified atom stereocenters. The standard InChI is InChI=1S/C15H24N4O2S/c1-10(2)9-11(13(20)18-15-16-6-8-22-15)17-14(21)12-5-4-7-19(12)3/h6,8,10-12H,4-5,7,9H2,1-3H3,(H,17,21)(H,16,18,20)/t11?,12-/m1/s1. The van der Waals surface area contributed by atoms with Gasteiger partial charge >= 0.3 is 0 Å². The monoisotopic (exact) mass is 324 g/mol. The molecule has 1 fully saturated rings. The van der Waals surface area contributed by atoms with Gasteiger partial charge < -0.3 is 10.6 Å². The Morgan fingerprint density at radius 2 is 2.27 bits per heavy atom. The normalized spacial score (nSPS) is 20.1. The van der Waals surface area contributed by atoms with Gasteiger partial charge in [-0.1, -0.05) is 13.8 Å². The number of hydrogen-bond donors (Lipinski definition) is 2. The highest BCUT2D eigenvalue weighted by Crippen LogP contribution is 2.17. The van der Waals surface area contributed by atoms with Crippen molar-refractivity contribution in [2.24, 2.45) is 5.92 Å². The van der Waals surface area contributed by atoms with Gasteiger partial charge in [-0.05, 0) is 38.8 Å². The summed E-state index contributed by atoms with van der Waals surface area (Å²) in [5.74, 6) is 0.0613. The quantitative estimate of drug-likeness (QED) is 0.835. The van der Waals surface area contributed by atoms with Gasteiger partial charge in [0, 0.05) is 11.6 Å². The highest BCUT2D eigenvalue weighted by molar-refractivity contribution is 7.13. The molecular formula is C15H24N4O2S.